The zero-order valence-electron chi connectivity index (χ0n) is 19.6. The number of nitrogens with one attached hydrogen (secondary N) is 1. The molecule has 7 nitrogen and oxygen atoms in total. The number of methoxy groups -OCH3 is 2. The highest BCUT2D eigenvalue weighted by atomic mass is 16.5. The van der Waals surface area contributed by atoms with E-state index in [1.165, 1.54) is 0 Å². The van der Waals surface area contributed by atoms with Crippen LogP contribution >= 0.6 is 0 Å². The third kappa shape index (κ3) is 6.57. The van der Waals surface area contributed by atoms with Crippen LogP contribution in [0.2, 0.25) is 0 Å². The fourth-order valence-corrected chi connectivity index (χ4v) is 3.95. The molecule has 0 radical (unpaired) electrons. The maximum absolute atomic E-state index is 12.9. The molecule has 0 unspecified atom stereocenters. The highest BCUT2D eigenvalue weighted by molar-refractivity contribution is 5.98. The molecule has 2 amide bonds. The summed E-state index contributed by atoms with van der Waals surface area (Å²) in [4.78, 5) is 39.1. The molecule has 3 rings (SSSR count). The predicted octanol–water partition coefficient (Wildman–Crippen LogP) is 3.64. The molecule has 2 aromatic carbocycles. The topological polar surface area (TPSA) is 84.9 Å². The third-order valence-electron chi connectivity index (χ3n) is 6.07. The van der Waals surface area contributed by atoms with Crippen LogP contribution in [-0.4, -0.2) is 56.4 Å². The van der Waals surface area contributed by atoms with Crippen molar-refractivity contribution < 1.29 is 23.9 Å². The second kappa shape index (κ2) is 11.5. The second-order valence-electron chi connectivity index (χ2n) is 8.40. The number of carbonyl (C=O) groups is 3. The smallest absolute Gasteiger partial charge is 0.253 e. The monoisotopic (exact) mass is 452 g/mol. The van der Waals surface area contributed by atoms with Gasteiger partial charge in [0.25, 0.3) is 5.91 Å². The van der Waals surface area contributed by atoms with Gasteiger partial charge in [0.05, 0.1) is 14.2 Å². The van der Waals surface area contributed by atoms with Crippen LogP contribution in [0.3, 0.4) is 0 Å². The maximum atomic E-state index is 12.9. The first-order valence-corrected chi connectivity index (χ1v) is 11.3. The fourth-order valence-electron chi connectivity index (χ4n) is 3.95. The lowest BCUT2D eigenvalue weighted by Crippen LogP contribution is -2.41. The van der Waals surface area contributed by atoms with E-state index in [9.17, 15) is 14.4 Å². The normalized spacial score (nSPS) is 14.0. The molecule has 7 heteroatoms. The number of aryl methyl sites for hydroxylation is 1. The van der Waals surface area contributed by atoms with E-state index in [1.807, 2.05) is 24.0 Å². The van der Waals surface area contributed by atoms with Crippen LogP contribution < -0.4 is 14.8 Å². The summed E-state index contributed by atoms with van der Waals surface area (Å²) in [5, 5.41) is 2.95. The minimum absolute atomic E-state index is 0.0212. The molecule has 0 spiro atoms. The van der Waals surface area contributed by atoms with Gasteiger partial charge in [0.2, 0.25) is 5.91 Å². The molecule has 0 atom stereocenters. The van der Waals surface area contributed by atoms with Crippen LogP contribution in [0.15, 0.2) is 42.5 Å². The minimum Gasteiger partial charge on any atom is -0.493 e. The standard InChI is InChI=1S/C26H32N2O5/c1-18-4-6-20(7-5-18)22(29)9-11-25(30)27-17-19-12-14-28(15-13-19)26(31)21-8-10-23(32-2)24(16-21)33-3/h4-8,10,16,19H,9,11-15,17H2,1-3H3,(H,27,30). The van der Waals surface area contributed by atoms with Gasteiger partial charge >= 0.3 is 0 Å². The Kier molecular flexibility index (Phi) is 8.46. The van der Waals surface area contributed by atoms with Gasteiger partial charge in [-0.2, -0.15) is 0 Å². The van der Waals surface area contributed by atoms with Crippen molar-refractivity contribution in [1.29, 1.82) is 0 Å². The Balaban J connectivity index is 1.40. The van der Waals surface area contributed by atoms with E-state index in [2.05, 4.69) is 5.32 Å². The molecule has 0 saturated carbocycles. The summed E-state index contributed by atoms with van der Waals surface area (Å²) in [7, 11) is 3.11. The van der Waals surface area contributed by atoms with Gasteiger partial charge in [0.1, 0.15) is 0 Å². The lowest BCUT2D eigenvalue weighted by molar-refractivity contribution is -0.121. The van der Waals surface area contributed by atoms with E-state index in [0.29, 0.717) is 48.2 Å². The molecule has 176 valence electrons. The number of benzene rings is 2. The van der Waals surface area contributed by atoms with Crippen molar-refractivity contribution in [2.45, 2.75) is 32.6 Å². The maximum Gasteiger partial charge on any atom is 0.253 e. The van der Waals surface area contributed by atoms with Crippen molar-refractivity contribution in [2.24, 2.45) is 5.92 Å². The van der Waals surface area contributed by atoms with Crippen LogP contribution in [0.1, 0.15) is 52.0 Å². The minimum atomic E-state index is -0.112. The number of carbonyl (C=O) groups excluding carboxylic acids is 3. The number of hydrogen-bond donors (Lipinski definition) is 1. The van der Waals surface area contributed by atoms with Gasteiger partial charge in [0, 0.05) is 43.6 Å². The van der Waals surface area contributed by atoms with E-state index >= 15 is 0 Å². The van der Waals surface area contributed by atoms with Crippen LogP contribution in [0.5, 0.6) is 11.5 Å². The highest BCUT2D eigenvalue weighted by Gasteiger charge is 2.24. The zero-order chi connectivity index (χ0) is 23.8. The number of hydrogen-bond acceptors (Lipinski definition) is 5. The summed E-state index contributed by atoms with van der Waals surface area (Å²) in [5.41, 5.74) is 2.30. The molecule has 0 aliphatic carbocycles. The summed E-state index contributed by atoms with van der Waals surface area (Å²) >= 11 is 0. The van der Waals surface area contributed by atoms with Gasteiger partial charge < -0.3 is 19.7 Å². The van der Waals surface area contributed by atoms with Gasteiger partial charge in [-0.05, 0) is 43.9 Å². The number of Topliss-reactive ketones (excluding diaryl/α,β-unsaturated/α-hetero) is 1. The molecule has 33 heavy (non-hydrogen) atoms. The largest absolute Gasteiger partial charge is 0.493 e. The highest BCUT2D eigenvalue weighted by Crippen LogP contribution is 2.28. The van der Waals surface area contributed by atoms with E-state index in [4.69, 9.17) is 9.47 Å². The number of piperidine rings is 1. The Labute approximate surface area is 195 Å². The van der Waals surface area contributed by atoms with Gasteiger partial charge in [0.15, 0.2) is 17.3 Å². The molecule has 1 saturated heterocycles. The van der Waals surface area contributed by atoms with Crippen molar-refractivity contribution >= 4 is 17.6 Å². The van der Waals surface area contributed by atoms with E-state index in [1.54, 1.807) is 44.6 Å². The number of ketones is 1. The molecule has 1 fully saturated rings. The summed E-state index contributed by atoms with van der Waals surface area (Å²) in [5.74, 6) is 1.27. The number of amides is 2. The molecular formula is C26H32N2O5. The zero-order valence-corrected chi connectivity index (χ0v) is 19.6. The van der Waals surface area contributed by atoms with E-state index < -0.39 is 0 Å². The van der Waals surface area contributed by atoms with E-state index in [-0.39, 0.29) is 30.4 Å². The molecular weight excluding hydrogens is 420 g/mol. The van der Waals surface area contributed by atoms with E-state index in [0.717, 1.165) is 18.4 Å². The molecule has 1 heterocycles. The summed E-state index contributed by atoms with van der Waals surface area (Å²) in [6, 6.07) is 12.6. The van der Waals surface area contributed by atoms with Crippen molar-refractivity contribution in [1.82, 2.24) is 10.2 Å². The van der Waals surface area contributed by atoms with Crippen LogP contribution in [0, 0.1) is 12.8 Å². The molecule has 1 N–H and O–H groups in total. The van der Waals surface area contributed by atoms with Gasteiger partial charge in [-0.1, -0.05) is 29.8 Å². The van der Waals surface area contributed by atoms with Crippen LogP contribution in [0.4, 0.5) is 0 Å². The van der Waals surface area contributed by atoms with Crippen LogP contribution in [0.25, 0.3) is 0 Å². The molecule has 0 bridgehead atoms. The Hall–Kier alpha value is -3.35. The third-order valence-corrected chi connectivity index (χ3v) is 6.07. The summed E-state index contributed by atoms with van der Waals surface area (Å²) in [6.45, 7) is 3.81. The van der Waals surface area contributed by atoms with Gasteiger partial charge in [-0.25, -0.2) is 0 Å². The number of ether oxygens (including phenoxy) is 2. The van der Waals surface area contributed by atoms with Crippen molar-refractivity contribution in [3.8, 4) is 11.5 Å². The first-order valence-electron chi connectivity index (χ1n) is 11.3. The second-order valence-corrected chi connectivity index (χ2v) is 8.40. The number of rotatable bonds is 9. The lowest BCUT2D eigenvalue weighted by atomic mass is 9.96. The van der Waals surface area contributed by atoms with Gasteiger partial charge in [-0.3, -0.25) is 14.4 Å². The predicted molar refractivity (Wildman–Crippen MR) is 126 cm³/mol. The quantitative estimate of drug-likeness (QED) is 0.587. The summed E-state index contributed by atoms with van der Waals surface area (Å²) < 4.78 is 10.5. The van der Waals surface area contributed by atoms with Gasteiger partial charge in [-0.15, -0.1) is 0 Å². The number of likely N-dealkylation sites (tertiary alicyclic amines) is 1. The molecule has 2 aromatic rings. The Bertz CT molecular complexity index is 979. The van der Waals surface area contributed by atoms with Crippen molar-refractivity contribution in [3.05, 3.63) is 59.2 Å². The molecule has 0 aromatic heterocycles. The Morgan fingerprint density at radius 2 is 1.55 bits per heavy atom. The lowest BCUT2D eigenvalue weighted by Gasteiger charge is -2.32. The number of nitrogens with zero attached hydrogens (tertiary/aromatic N) is 1. The average molecular weight is 453 g/mol. The average Bonchev–Trinajstić information content (AvgIpc) is 2.85. The SMILES string of the molecule is COc1ccc(C(=O)N2CCC(CNC(=O)CCC(=O)c3ccc(C)cc3)CC2)cc1OC. The summed E-state index contributed by atoms with van der Waals surface area (Å²) in [6.07, 6.45) is 2.03. The van der Waals surface area contributed by atoms with Crippen molar-refractivity contribution in [2.75, 3.05) is 33.9 Å². The molecule has 1 aliphatic rings. The first kappa shape index (κ1) is 24.3. The Morgan fingerprint density at radius 3 is 2.18 bits per heavy atom. The Morgan fingerprint density at radius 1 is 0.909 bits per heavy atom. The van der Waals surface area contributed by atoms with Crippen LogP contribution in [-0.2, 0) is 4.79 Å². The fraction of sp³-hybridized carbons (Fsp3) is 0.423. The van der Waals surface area contributed by atoms with Crippen molar-refractivity contribution in [3.63, 3.8) is 0 Å². The molecule has 1 aliphatic heterocycles. The first-order chi connectivity index (χ1) is 15.9.